The lowest BCUT2D eigenvalue weighted by atomic mass is 9.97. The number of benzene rings is 2. The molecule has 1 amide bonds. The van der Waals surface area contributed by atoms with Crippen molar-refractivity contribution in [2.45, 2.75) is 39.4 Å². The van der Waals surface area contributed by atoms with Gasteiger partial charge in [-0.25, -0.2) is 4.98 Å². The van der Waals surface area contributed by atoms with Gasteiger partial charge in [-0.15, -0.1) is 0 Å². The zero-order valence-corrected chi connectivity index (χ0v) is 21.0. The second-order valence-electron chi connectivity index (χ2n) is 9.24. The molecule has 36 heavy (non-hydrogen) atoms. The number of piperidine rings is 1. The molecule has 2 aromatic carbocycles. The van der Waals surface area contributed by atoms with Crippen molar-refractivity contribution in [2.75, 3.05) is 13.1 Å². The van der Waals surface area contributed by atoms with Crippen molar-refractivity contribution < 1.29 is 9.32 Å². The molecule has 1 aliphatic rings. The number of halogens is 1. The van der Waals surface area contributed by atoms with Gasteiger partial charge in [-0.2, -0.15) is 4.98 Å². The number of hydrogen-bond donors (Lipinski definition) is 1. The fourth-order valence-corrected chi connectivity index (χ4v) is 4.80. The van der Waals surface area contributed by atoms with Crippen LogP contribution in [0.4, 0.5) is 0 Å². The first-order chi connectivity index (χ1) is 17.5. The minimum atomic E-state index is -0.0640. The maximum atomic E-state index is 13.0. The second-order valence-corrected chi connectivity index (χ2v) is 9.67. The van der Waals surface area contributed by atoms with Crippen LogP contribution in [0.3, 0.4) is 0 Å². The largest absolute Gasteiger partial charge is 0.352 e. The molecule has 1 atom stereocenters. The van der Waals surface area contributed by atoms with E-state index in [0.717, 1.165) is 42.9 Å². The highest BCUT2D eigenvalue weighted by molar-refractivity contribution is 6.30. The van der Waals surface area contributed by atoms with Crippen molar-refractivity contribution in [2.24, 2.45) is 5.92 Å². The minimum absolute atomic E-state index is 0.0640. The fraction of sp³-hybridized carbons (Fsp3) is 0.333. The number of aryl methyl sites for hydroxylation is 1. The highest BCUT2D eigenvalue weighted by atomic mass is 35.5. The Kier molecular flexibility index (Phi) is 7.44. The van der Waals surface area contributed by atoms with Crippen LogP contribution >= 0.6 is 11.6 Å². The molecule has 186 valence electrons. The quantitative estimate of drug-likeness (QED) is 0.381. The van der Waals surface area contributed by atoms with Gasteiger partial charge in [0.2, 0.25) is 17.6 Å². The lowest BCUT2D eigenvalue weighted by Crippen LogP contribution is -2.42. The van der Waals surface area contributed by atoms with E-state index in [0.29, 0.717) is 36.4 Å². The summed E-state index contributed by atoms with van der Waals surface area (Å²) in [5.74, 6) is 2.06. The van der Waals surface area contributed by atoms with Gasteiger partial charge < -0.3 is 14.4 Å². The van der Waals surface area contributed by atoms with Crippen LogP contribution in [-0.4, -0.2) is 43.6 Å². The van der Waals surface area contributed by atoms with E-state index in [1.807, 2.05) is 55.7 Å². The lowest BCUT2D eigenvalue weighted by molar-refractivity contribution is -0.127. The Morgan fingerprint density at radius 1 is 1.17 bits per heavy atom. The number of amides is 1. The smallest absolute Gasteiger partial charge is 0.241 e. The predicted molar refractivity (Wildman–Crippen MR) is 137 cm³/mol. The Labute approximate surface area is 215 Å². The van der Waals surface area contributed by atoms with Crippen LogP contribution in [-0.2, 0) is 24.4 Å². The first kappa shape index (κ1) is 24.2. The highest BCUT2D eigenvalue weighted by Crippen LogP contribution is 2.22. The molecule has 1 unspecified atom stereocenters. The van der Waals surface area contributed by atoms with E-state index in [4.69, 9.17) is 16.1 Å². The molecule has 0 spiro atoms. The Bertz CT molecular complexity index is 1330. The molecule has 1 N–H and O–H groups in total. The molecule has 1 saturated heterocycles. The summed E-state index contributed by atoms with van der Waals surface area (Å²) >= 11 is 6.07. The third-order valence-corrected chi connectivity index (χ3v) is 6.76. The molecule has 1 aliphatic heterocycles. The molecule has 1 fully saturated rings. The van der Waals surface area contributed by atoms with E-state index in [-0.39, 0.29) is 11.8 Å². The Morgan fingerprint density at radius 2 is 2.03 bits per heavy atom. The van der Waals surface area contributed by atoms with Gasteiger partial charge in [-0.3, -0.25) is 9.69 Å². The average Bonchev–Trinajstić information content (AvgIpc) is 3.52. The number of likely N-dealkylation sites (tertiary alicyclic amines) is 1. The molecule has 0 aliphatic carbocycles. The van der Waals surface area contributed by atoms with Crippen molar-refractivity contribution in [3.63, 3.8) is 0 Å². The summed E-state index contributed by atoms with van der Waals surface area (Å²) in [5, 5.41) is 7.85. The second kappa shape index (κ2) is 11.1. The van der Waals surface area contributed by atoms with Crippen LogP contribution in [0.25, 0.3) is 11.4 Å². The summed E-state index contributed by atoms with van der Waals surface area (Å²) in [5.41, 5.74) is 3.09. The molecule has 4 aromatic rings. The molecule has 5 rings (SSSR count). The number of carbonyl (C=O) groups excluding carboxylic acids is 1. The van der Waals surface area contributed by atoms with Crippen molar-refractivity contribution in [1.82, 2.24) is 29.9 Å². The van der Waals surface area contributed by atoms with Gasteiger partial charge in [0.05, 0.1) is 12.5 Å². The van der Waals surface area contributed by atoms with Gasteiger partial charge in [0.25, 0.3) is 0 Å². The number of nitrogens with zero attached hydrogens (tertiary/aromatic N) is 5. The summed E-state index contributed by atoms with van der Waals surface area (Å²) in [4.78, 5) is 24.0. The summed E-state index contributed by atoms with van der Waals surface area (Å²) < 4.78 is 7.57. The normalized spacial score (nSPS) is 16.2. The zero-order valence-electron chi connectivity index (χ0n) is 20.2. The van der Waals surface area contributed by atoms with E-state index < -0.39 is 0 Å². The van der Waals surface area contributed by atoms with Crippen LogP contribution in [0.5, 0.6) is 0 Å². The number of aromatic nitrogens is 4. The molecular weight excluding hydrogens is 476 g/mol. The zero-order chi connectivity index (χ0) is 24.9. The number of imidazole rings is 1. The SMILES string of the molecule is Cc1nccn1Cc1cccc(CNC(=O)C2CCCN(Cc3nc(-c4cccc(Cl)c4)no3)C2)c1. The van der Waals surface area contributed by atoms with Gasteiger partial charge in [-0.1, -0.05) is 53.2 Å². The van der Waals surface area contributed by atoms with Gasteiger partial charge in [0.1, 0.15) is 5.82 Å². The number of nitrogens with one attached hydrogen (secondary N) is 1. The van der Waals surface area contributed by atoms with Gasteiger partial charge in [0, 0.05) is 42.6 Å². The van der Waals surface area contributed by atoms with Gasteiger partial charge in [0.15, 0.2) is 0 Å². The third-order valence-electron chi connectivity index (χ3n) is 6.52. The standard InChI is InChI=1S/C27H29ClN6O2/c1-19-29-10-12-34(19)16-21-6-2-5-20(13-21)15-30-27(35)23-8-4-11-33(17-23)18-25-31-26(32-36-25)22-7-3-9-24(28)14-22/h2-3,5-7,9-10,12-14,23H,4,8,11,15-18H2,1H3,(H,30,35). The van der Waals surface area contributed by atoms with E-state index >= 15 is 0 Å². The van der Waals surface area contributed by atoms with Crippen molar-refractivity contribution in [3.8, 4) is 11.4 Å². The molecular formula is C27H29ClN6O2. The van der Waals surface area contributed by atoms with E-state index in [9.17, 15) is 4.79 Å². The molecule has 3 heterocycles. The molecule has 9 heteroatoms. The fourth-order valence-electron chi connectivity index (χ4n) is 4.61. The minimum Gasteiger partial charge on any atom is -0.352 e. The summed E-state index contributed by atoms with van der Waals surface area (Å²) in [7, 11) is 0. The van der Waals surface area contributed by atoms with E-state index in [2.05, 4.69) is 42.0 Å². The summed E-state index contributed by atoms with van der Waals surface area (Å²) in [6.07, 6.45) is 5.61. The topological polar surface area (TPSA) is 89.1 Å². The number of carbonyl (C=O) groups is 1. The molecule has 0 saturated carbocycles. The van der Waals surface area contributed by atoms with Crippen LogP contribution in [0.15, 0.2) is 65.4 Å². The summed E-state index contributed by atoms with van der Waals surface area (Å²) in [6, 6.07) is 15.7. The van der Waals surface area contributed by atoms with Crippen LogP contribution in [0, 0.1) is 12.8 Å². The van der Waals surface area contributed by atoms with Crippen molar-refractivity contribution in [3.05, 3.63) is 88.8 Å². The number of hydrogen-bond acceptors (Lipinski definition) is 6. The maximum Gasteiger partial charge on any atom is 0.241 e. The monoisotopic (exact) mass is 504 g/mol. The first-order valence-electron chi connectivity index (χ1n) is 12.2. The Morgan fingerprint density at radius 3 is 2.86 bits per heavy atom. The van der Waals surface area contributed by atoms with E-state index in [1.54, 1.807) is 0 Å². The molecule has 0 bridgehead atoms. The molecule has 0 radical (unpaired) electrons. The molecule has 8 nitrogen and oxygen atoms in total. The Balaban J connectivity index is 1.14. The molecule has 2 aromatic heterocycles. The maximum absolute atomic E-state index is 13.0. The third kappa shape index (κ3) is 6.01. The first-order valence-corrected chi connectivity index (χ1v) is 12.6. The van der Waals surface area contributed by atoms with E-state index in [1.165, 1.54) is 5.56 Å². The van der Waals surface area contributed by atoms with Crippen LogP contribution in [0.1, 0.15) is 35.7 Å². The van der Waals surface area contributed by atoms with Crippen LogP contribution in [0.2, 0.25) is 5.02 Å². The van der Waals surface area contributed by atoms with Crippen molar-refractivity contribution >= 4 is 17.5 Å². The van der Waals surface area contributed by atoms with Gasteiger partial charge >= 0.3 is 0 Å². The lowest BCUT2D eigenvalue weighted by Gasteiger charge is -2.30. The number of rotatable bonds is 8. The Hall–Kier alpha value is -3.49. The van der Waals surface area contributed by atoms with Gasteiger partial charge in [-0.05, 0) is 49.6 Å². The highest BCUT2D eigenvalue weighted by Gasteiger charge is 2.27. The van der Waals surface area contributed by atoms with Crippen molar-refractivity contribution in [1.29, 1.82) is 0 Å². The van der Waals surface area contributed by atoms with Crippen LogP contribution < -0.4 is 5.32 Å². The summed E-state index contributed by atoms with van der Waals surface area (Å²) in [6.45, 7) is 5.36. The average molecular weight is 505 g/mol. The predicted octanol–water partition coefficient (Wildman–Crippen LogP) is 4.47.